The van der Waals surface area contributed by atoms with Crippen molar-refractivity contribution < 1.29 is 4.92 Å². The van der Waals surface area contributed by atoms with Crippen LogP contribution in [0.4, 0.5) is 5.69 Å². The van der Waals surface area contributed by atoms with Crippen molar-refractivity contribution in [1.82, 2.24) is 19.7 Å². The summed E-state index contributed by atoms with van der Waals surface area (Å²) in [4.78, 5) is 15.9. The molecular formula is C14H11N5O2S2. The quantitative estimate of drug-likeness (QED) is 0.516. The van der Waals surface area contributed by atoms with Gasteiger partial charge in [-0.1, -0.05) is 6.07 Å². The van der Waals surface area contributed by atoms with Crippen LogP contribution >= 0.6 is 23.1 Å². The predicted octanol–water partition coefficient (Wildman–Crippen LogP) is 3.80. The third kappa shape index (κ3) is 2.73. The number of nitrogens with zero attached hydrogens (tertiary/aromatic N) is 5. The van der Waals surface area contributed by atoms with Gasteiger partial charge < -0.3 is 0 Å². The SMILES string of the molecule is O=[N+]([O-])c1cccnc1Sc1nnc(-c2cccs2)n1C1CC1. The second-order valence-corrected chi connectivity index (χ2v) is 6.98. The first-order valence-electron chi connectivity index (χ1n) is 7.00. The molecule has 0 unspecified atom stereocenters. The lowest BCUT2D eigenvalue weighted by Gasteiger charge is -2.07. The fraction of sp³-hybridized carbons (Fsp3) is 0.214. The molecule has 1 aliphatic rings. The van der Waals surface area contributed by atoms with Crippen LogP contribution in [0.25, 0.3) is 10.7 Å². The number of hydrogen-bond acceptors (Lipinski definition) is 7. The molecule has 0 atom stereocenters. The Morgan fingerprint density at radius 1 is 1.30 bits per heavy atom. The van der Waals surface area contributed by atoms with Gasteiger partial charge in [0.1, 0.15) is 0 Å². The van der Waals surface area contributed by atoms with E-state index in [2.05, 4.69) is 19.7 Å². The van der Waals surface area contributed by atoms with Crippen LogP contribution in [-0.4, -0.2) is 24.7 Å². The van der Waals surface area contributed by atoms with Gasteiger partial charge in [0, 0.05) is 18.3 Å². The van der Waals surface area contributed by atoms with E-state index in [1.807, 2.05) is 17.5 Å². The van der Waals surface area contributed by atoms with E-state index in [0.717, 1.165) is 23.5 Å². The molecule has 0 spiro atoms. The smallest absolute Gasteiger partial charge is 0.298 e. The Morgan fingerprint density at radius 2 is 2.17 bits per heavy atom. The van der Waals surface area contributed by atoms with E-state index in [1.54, 1.807) is 23.6 Å². The lowest BCUT2D eigenvalue weighted by Crippen LogP contribution is -2.00. The zero-order valence-corrected chi connectivity index (χ0v) is 13.5. The Kier molecular flexibility index (Phi) is 3.58. The van der Waals surface area contributed by atoms with E-state index in [1.165, 1.54) is 17.8 Å². The lowest BCUT2D eigenvalue weighted by atomic mass is 10.4. The molecular weight excluding hydrogens is 334 g/mol. The van der Waals surface area contributed by atoms with Gasteiger partial charge in [0.15, 0.2) is 16.0 Å². The summed E-state index contributed by atoms with van der Waals surface area (Å²) in [5.74, 6) is 0.823. The molecule has 0 aliphatic heterocycles. The van der Waals surface area contributed by atoms with Gasteiger partial charge in [-0.3, -0.25) is 14.7 Å². The normalized spacial score (nSPS) is 14.1. The van der Waals surface area contributed by atoms with E-state index in [9.17, 15) is 10.1 Å². The summed E-state index contributed by atoms with van der Waals surface area (Å²) in [7, 11) is 0. The average molecular weight is 345 g/mol. The van der Waals surface area contributed by atoms with Crippen LogP contribution in [0.15, 0.2) is 46.0 Å². The minimum atomic E-state index is -0.423. The Balaban J connectivity index is 1.75. The monoisotopic (exact) mass is 345 g/mol. The van der Waals surface area contributed by atoms with Crippen LogP contribution in [0, 0.1) is 10.1 Å². The molecule has 9 heteroatoms. The number of pyridine rings is 1. The topological polar surface area (TPSA) is 86.7 Å². The Labute approximate surface area is 139 Å². The molecule has 3 aromatic rings. The molecule has 3 heterocycles. The minimum absolute atomic E-state index is 0.0134. The van der Waals surface area contributed by atoms with Gasteiger partial charge in [0.25, 0.3) is 0 Å². The molecule has 3 aromatic heterocycles. The summed E-state index contributed by atoms with van der Waals surface area (Å²) in [6.45, 7) is 0. The maximum absolute atomic E-state index is 11.1. The summed E-state index contributed by atoms with van der Waals surface area (Å²) in [6.07, 6.45) is 3.70. The summed E-state index contributed by atoms with van der Waals surface area (Å²) < 4.78 is 2.08. The van der Waals surface area contributed by atoms with Crippen molar-refractivity contribution in [1.29, 1.82) is 0 Å². The second kappa shape index (κ2) is 5.74. The maximum atomic E-state index is 11.1. The van der Waals surface area contributed by atoms with E-state index in [-0.39, 0.29) is 5.69 Å². The molecule has 0 aromatic carbocycles. The van der Waals surface area contributed by atoms with Crippen LogP contribution in [0.5, 0.6) is 0 Å². The van der Waals surface area contributed by atoms with Crippen LogP contribution in [-0.2, 0) is 0 Å². The van der Waals surface area contributed by atoms with Crippen molar-refractivity contribution in [2.24, 2.45) is 0 Å². The third-order valence-corrected chi connectivity index (χ3v) is 5.29. The van der Waals surface area contributed by atoms with Crippen molar-refractivity contribution in [3.05, 3.63) is 46.0 Å². The Bertz CT molecular complexity index is 858. The summed E-state index contributed by atoms with van der Waals surface area (Å²) >= 11 is 2.80. The minimum Gasteiger partial charge on any atom is -0.298 e. The third-order valence-electron chi connectivity index (χ3n) is 3.45. The average Bonchev–Trinajstić information content (AvgIpc) is 3.08. The van der Waals surface area contributed by atoms with E-state index in [4.69, 9.17) is 0 Å². The molecule has 1 saturated carbocycles. The number of rotatable bonds is 5. The molecule has 0 N–H and O–H groups in total. The molecule has 0 bridgehead atoms. The molecule has 4 rings (SSSR count). The van der Waals surface area contributed by atoms with Crippen molar-refractivity contribution in [2.45, 2.75) is 29.1 Å². The van der Waals surface area contributed by atoms with E-state index < -0.39 is 4.92 Å². The van der Waals surface area contributed by atoms with Crippen LogP contribution in [0.2, 0.25) is 0 Å². The predicted molar refractivity (Wildman–Crippen MR) is 86.6 cm³/mol. The largest absolute Gasteiger partial charge is 0.301 e. The molecule has 0 amide bonds. The highest BCUT2D eigenvalue weighted by molar-refractivity contribution is 7.99. The number of thiophene rings is 1. The fourth-order valence-corrected chi connectivity index (χ4v) is 3.92. The summed E-state index contributed by atoms with van der Waals surface area (Å²) in [6, 6.07) is 7.36. The van der Waals surface area contributed by atoms with Crippen LogP contribution in [0.1, 0.15) is 18.9 Å². The number of aromatic nitrogens is 4. The van der Waals surface area contributed by atoms with Crippen molar-refractivity contribution in [3.63, 3.8) is 0 Å². The number of nitro groups is 1. The van der Waals surface area contributed by atoms with E-state index >= 15 is 0 Å². The molecule has 1 aliphatic carbocycles. The molecule has 0 radical (unpaired) electrons. The zero-order valence-electron chi connectivity index (χ0n) is 11.8. The lowest BCUT2D eigenvalue weighted by molar-refractivity contribution is -0.388. The maximum Gasteiger partial charge on any atom is 0.301 e. The van der Waals surface area contributed by atoms with Gasteiger partial charge in [0.05, 0.1) is 9.80 Å². The van der Waals surface area contributed by atoms with Gasteiger partial charge in [-0.15, -0.1) is 21.5 Å². The van der Waals surface area contributed by atoms with Gasteiger partial charge in [0.2, 0.25) is 0 Å². The van der Waals surface area contributed by atoms with Crippen molar-refractivity contribution >= 4 is 28.8 Å². The first-order valence-corrected chi connectivity index (χ1v) is 8.69. The van der Waals surface area contributed by atoms with Gasteiger partial charge in [-0.2, -0.15) is 0 Å². The molecule has 7 nitrogen and oxygen atoms in total. The highest BCUT2D eigenvalue weighted by Crippen LogP contribution is 2.43. The first-order chi connectivity index (χ1) is 11.2. The summed E-state index contributed by atoms with van der Waals surface area (Å²) in [5, 5.41) is 22.7. The Hall–Kier alpha value is -2.26. The highest BCUT2D eigenvalue weighted by Gasteiger charge is 2.31. The highest BCUT2D eigenvalue weighted by atomic mass is 32.2. The fourth-order valence-electron chi connectivity index (χ4n) is 2.27. The molecule has 1 fully saturated rings. The standard InChI is InChI=1S/C14H11N5O2S2/c20-19(21)10-3-1-7-15-13(10)23-14-17-16-12(11-4-2-8-22-11)18(14)9-5-6-9/h1-4,7-9H,5-6H2. The van der Waals surface area contributed by atoms with Crippen molar-refractivity contribution in [3.8, 4) is 10.7 Å². The van der Waals surface area contributed by atoms with Gasteiger partial charge in [-0.05, 0) is 42.1 Å². The second-order valence-electron chi connectivity index (χ2n) is 5.07. The van der Waals surface area contributed by atoms with Gasteiger partial charge in [-0.25, -0.2) is 4.98 Å². The van der Waals surface area contributed by atoms with Crippen molar-refractivity contribution in [2.75, 3.05) is 0 Å². The van der Waals surface area contributed by atoms with Crippen LogP contribution in [0.3, 0.4) is 0 Å². The zero-order chi connectivity index (χ0) is 15.8. The number of hydrogen-bond donors (Lipinski definition) is 0. The van der Waals surface area contributed by atoms with Gasteiger partial charge >= 0.3 is 5.69 Å². The molecule has 116 valence electrons. The molecule has 23 heavy (non-hydrogen) atoms. The Morgan fingerprint density at radius 3 is 2.87 bits per heavy atom. The first kappa shape index (κ1) is 14.3. The molecule has 0 saturated heterocycles. The van der Waals surface area contributed by atoms with E-state index in [0.29, 0.717) is 16.2 Å². The van der Waals surface area contributed by atoms with Crippen LogP contribution < -0.4 is 0 Å². The summed E-state index contributed by atoms with van der Waals surface area (Å²) in [5.41, 5.74) is -0.0134.